The normalized spacial score (nSPS) is 11.2. The smallest absolute Gasteiger partial charge is 0.248 e. The van der Waals surface area contributed by atoms with Crippen molar-refractivity contribution in [1.29, 1.82) is 0 Å². The second kappa shape index (κ2) is 6.64. The van der Waals surface area contributed by atoms with Crippen molar-refractivity contribution < 1.29 is 4.42 Å². The van der Waals surface area contributed by atoms with Crippen molar-refractivity contribution >= 4 is 23.5 Å². The highest BCUT2D eigenvalue weighted by molar-refractivity contribution is 7.16. The van der Waals surface area contributed by atoms with Crippen LogP contribution in [0.25, 0.3) is 34.0 Å². The van der Waals surface area contributed by atoms with Crippen molar-refractivity contribution in [3.8, 4) is 21.9 Å². The Morgan fingerprint density at radius 1 is 0.708 bits per heavy atom. The first-order chi connectivity index (χ1) is 11.9. The summed E-state index contributed by atoms with van der Waals surface area (Å²) in [5.74, 6) is 1.04. The fourth-order valence-corrected chi connectivity index (χ4v) is 3.27. The molecule has 0 unspecified atom stereocenters. The number of hydrogen-bond acceptors (Lipinski definition) is 4. The predicted octanol–water partition coefficient (Wildman–Crippen LogP) is 5.64. The zero-order valence-electron chi connectivity index (χ0n) is 12.8. The van der Waals surface area contributed by atoms with Crippen molar-refractivity contribution in [2.24, 2.45) is 0 Å². The summed E-state index contributed by atoms with van der Waals surface area (Å²) in [6.07, 6.45) is 3.85. The lowest BCUT2D eigenvalue weighted by atomic mass is 10.2. The van der Waals surface area contributed by atoms with Gasteiger partial charge in [0.25, 0.3) is 0 Å². The summed E-state index contributed by atoms with van der Waals surface area (Å²) in [6.45, 7) is 0. The van der Waals surface area contributed by atoms with E-state index >= 15 is 0 Å². The van der Waals surface area contributed by atoms with Gasteiger partial charge in [-0.2, -0.15) is 0 Å². The fraction of sp³-hybridized carbons (Fsp3) is 0. The molecule has 0 aliphatic heterocycles. The Labute approximate surface area is 143 Å². The number of nitrogens with zero attached hydrogens (tertiary/aromatic N) is 2. The van der Waals surface area contributed by atoms with Gasteiger partial charge in [0.2, 0.25) is 11.8 Å². The zero-order chi connectivity index (χ0) is 16.2. The summed E-state index contributed by atoms with van der Waals surface area (Å²) in [7, 11) is 0. The van der Waals surface area contributed by atoms with Gasteiger partial charge < -0.3 is 4.42 Å². The quantitative estimate of drug-likeness (QED) is 0.486. The molecule has 0 radical (unpaired) electrons. The fourth-order valence-electron chi connectivity index (χ4n) is 2.35. The maximum Gasteiger partial charge on any atom is 0.248 e. The van der Waals surface area contributed by atoms with E-state index < -0.39 is 0 Å². The molecule has 0 N–H and O–H groups in total. The van der Waals surface area contributed by atoms with E-state index in [1.165, 1.54) is 10.4 Å². The molecule has 0 saturated carbocycles. The molecule has 0 aliphatic carbocycles. The van der Waals surface area contributed by atoms with Crippen LogP contribution in [0.5, 0.6) is 0 Å². The standard InChI is InChI=1S/C20H14N2OS/c1-3-7-15(8-4-1)18-13-11-17(24-18)12-14-19-21-22-20(23-19)16-9-5-2-6-10-16/h1-14H/b14-12+. The number of aromatic nitrogens is 2. The largest absolute Gasteiger partial charge is 0.417 e. The van der Waals surface area contributed by atoms with Crippen LogP contribution in [-0.4, -0.2) is 10.2 Å². The van der Waals surface area contributed by atoms with Gasteiger partial charge in [-0.1, -0.05) is 48.5 Å². The minimum atomic E-state index is 0.503. The lowest BCUT2D eigenvalue weighted by Crippen LogP contribution is -1.75. The van der Waals surface area contributed by atoms with Crippen molar-refractivity contribution in [2.45, 2.75) is 0 Å². The molecular formula is C20H14N2OS. The van der Waals surface area contributed by atoms with Crippen LogP contribution in [0.2, 0.25) is 0 Å². The van der Waals surface area contributed by atoms with E-state index in [1.807, 2.05) is 60.7 Å². The van der Waals surface area contributed by atoms with Crippen molar-refractivity contribution in [3.63, 3.8) is 0 Å². The van der Waals surface area contributed by atoms with E-state index in [9.17, 15) is 0 Å². The molecule has 0 spiro atoms. The topological polar surface area (TPSA) is 38.9 Å². The monoisotopic (exact) mass is 330 g/mol. The maximum absolute atomic E-state index is 5.68. The number of benzene rings is 2. The molecule has 0 fully saturated rings. The molecule has 0 amide bonds. The highest BCUT2D eigenvalue weighted by Crippen LogP contribution is 2.29. The molecule has 0 atom stereocenters. The Balaban J connectivity index is 1.52. The van der Waals surface area contributed by atoms with Gasteiger partial charge in [-0.25, -0.2) is 0 Å². The van der Waals surface area contributed by atoms with Gasteiger partial charge in [-0.3, -0.25) is 0 Å². The molecule has 24 heavy (non-hydrogen) atoms. The molecule has 0 saturated heterocycles. The molecule has 2 aromatic carbocycles. The molecule has 4 aromatic rings. The van der Waals surface area contributed by atoms with Crippen molar-refractivity contribution in [2.75, 3.05) is 0 Å². The van der Waals surface area contributed by atoms with Crippen LogP contribution in [-0.2, 0) is 0 Å². The lowest BCUT2D eigenvalue weighted by molar-refractivity contribution is 0.558. The first-order valence-electron chi connectivity index (χ1n) is 7.61. The Morgan fingerprint density at radius 3 is 2.17 bits per heavy atom. The van der Waals surface area contributed by atoms with Crippen LogP contribution in [0, 0.1) is 0 Å². The SMILES string of the molecule is C(=C\c1ccc(-c2ccccc2)s1)/c1nnc(-c2ccccc2)o1. The summed E-state index contributed by atoms with van der Waals surface area (Å²) >= 11 is 1.73. The highest BCUT2D eigenvalue weighted by atomic mass is 32.1. The molecule has 2 aromatic heterocycles. The molecule has 4 rings (SSSR count). The van der Waals surface area contributed by atoms with Crippen LogP contribution in [0.4, 0.5) is 0 Å². The average Bonchev–Trinajstić information content (AvgIpc) is 3.31. The summed E-state index contributed by atoms with van der Waals surface area (Å²) in [5, 5.41) is 8.16. The Bertz CT molecular complexity index is 876. The van der Waals surface area contributed by atoms with Crippen LogP contribution in [0.3, 0.4) is 0 Å². The number of rotatable bonds is 4. The number of hydrogen-bond donors (Lipinski definition) is 0. The van der Waals surface area contributed by atoms with E-state index in [1.54, 1.807) is 11.3 Å². The second-order valence-electron chi connectivity index (χ2n) is 5.21. The van der Waals surface area contributed by atoms with Gasteiger partial charge in [0.1, 0.15) is 0 Å². The summed E-state index contributed by atoms with van der Waals surface area (Å²) in [6, 6.07) is 24.3. The maximum atomic E-state index is 5.68. The van der Waals surface area contributed by atoms with E-state index in [0.717, 1.165) is 10.4 Å². The van der Waals surface area contributed by atoms with Crippen LogP contribution in [0.1, 0.15) is 10.8 Å². The van der Waals surface area contributed by atoms with Crippen LogP contribution < -0.4 is 0 Å². The van der Waals surface area contributed by atoms with Crippen LogP contribution in [0.15, 0.2) is 77.2 Å². The van der Waals surface area contributed by atoms with E-state index in [0.29, 0.717) is 11.8 Å². The summed E-state index contributed by atoms with van der Waals surface area (Å²) < 4.78 is 5.68. The Hall–Kier alpha value is -2.98. The van der Waals surface area contributed by atoms with Gasteiger partial charge in [0.15, 0.2) is 0 Å². The Morgan fingerprint density at radius 2 is 1.42 bits per heavy atom. The summed E-state index contributed by atoms with van der Waals surface area (Å²) in [4.78, 5) is 2.39. The molecule has 2 heterocycles. The third kappa shape index (κ3) is 3.19. The van der Waals surface area contributed by atoms with Crippen LogP contribution >= 0.6 is 11.3 Å². The third-order valence-corrected chi connectivity index (χ3v) is 4.64. The van der Waals surface area contributed by atoms with E-state index in [2.05, 4.69) is 34.5 Å². The minimum absolute atomic E-state index is 0.503. The number of thiophene rings is 1. The van der Waals surface area contributed by atoms with Crippen molar-refractivity contribution in [3.05, 3.63) is 83.6 Å². The molecule has 0 bridgehead atoms. The van der Waals surface area contributed by atoms with Gasteiger partial charge >= 0.3 is 0 Å². The first-order valence-corrected chi connectivity index (χ1v) is 8.42. The third-order valence-electron chi connectivity index (χ3n) is 3.54. The average molecular weight is 330 g/mol. The lowest BCUT2D eigenvalue weighted by Gasteiger charge is -1.94. The van der Waals surface area contributed by atoms with Crippen molar-refractivity contribution in [1.82, 2.24) is 10.2 Å². The van der Waals surface area contributed by atoms with Gasteiger partial charge in [-0.05, 0) is 35.9 Å². The molecule has 3 nitrogen and oxygen atoms in total. The first kappa shape index (κ1) is 14.6. The van der Waals surface area contributed by atoms with E-state index in [4.69, 9.17) is 4.42 Å². The molecule has 4 heteroatoms. The minimum Gasteiger partial charge on any atom is -0.417 e. The van der Waals surface area contributed by atoms with Gasteiger partial charge in [0.05, 0.1) is 0 Å². The highest BCUT2D eigenvalue weighted by Gasteiger charge is 2.06. The van der Waals surface area contributed by atoms with Gasteiger partial charge in [0, 0.05) is 21.4 Å². The zero-order valence-corrected chi connectivity index (χ0v) is 13.6. The Kier molecular flexibility index (Phi) is 4.04. The summed E-state index contributed by atoms with van der Waals surface area (Å²) in [5.41, 5.74) is 2.15. The molecule has 0 aliphatic rings. The predicted molar refractivity (Wildman–Crippen MR) is 98.4 cm³/mol. The van der Waals surface area contributed by atoms with Gasteiger partial charge in [-0.15, -0.1) is 21.5 Å². The molecule has 116 valence electrons. The second-order valence-corrected chi connectivity index (χ2v) is 6.33. The molecular weight excluding hydrogens is 316 g/mol. The van der Waals surface area contributed by atoms with E-state index in [-0.39, 0.29) is 0 Å².